The molecule has 0 aromatic heterocycles. The van der Waals surface area contributed by atoms with E-state index in [-0.39, 0.29) is 5.97 Å². The van der Waals surface area contributed by atoms with Crippen LogP contribution in [-0.2, 0) is 15.6 Å². The average molecular weight is 391 g/mol. The van der Waals surface area contributed by atoms with Crippen LogP contribution in [0.3, 0.4) is 0 Å². The molecule has 0 radical (unpaired) electrons. The van der Waals surface area contributed by atoms with Crippen molar-refractivity contribution >= 4 is 5.97 Å². The Morgan fingerprint density at radius 1 is 1.04 bits per heavy atom. The number of benzene rings is 1. The van der Waals surface area contributed by atoms with Crippen LogP contribution in [0.1, 0.15) is 22.8 Å². The summed E-state index contributed by atoms with van der Waals surface area (Å²) in [7, 11) is 4.65. The van der Waals surface area contributed by atoms with E-state index >= 15 is 0 Å². The van der Waals surface area contributed by atoms with Gasteiger partial charge in [0, 0.05) is 0 Å². The molecule has 10 aliphatic heterocycles. The van der Waals surface area contributed by atoms with Gasteiger partial charge in [0.2, 0.25) is 0 Å². The van der Waals surface area contributed by atoms with E-state index in [1.807, 2.05) is 6.92 Å². The van der Waals surface area contributed by atoms with E-state index in [4.69, 9.17) is 4.74 Å². The van der Waals surface area contributed by atoms with Gasteiger partial charge in [0.05, 0.1) is 0 Å². The van der Waals surface area contributed by atoms with Crippen LogP contribution in [0.2, 0.25) is 42.8 Å². The Morgan fingerprint density at radius 3 is 2.12 bits per heavy atom. The van der Waals surface area contributed by atoms with Crippen LogP contribution in [0, 0.1) is 0 Å². The molecule has 10 fully saturated rings. The number of carbonyl (C=O) groups is 1. The van der Waals surface area contributed by atoms with Crippen molar-refractivity contribution < 1.29 is 16.0 Å². The Bertz CT molecular complexity index is 1390. The first kappa shape index (κ1) is 11.9. The average Bonchev–Trinajstić information content (AvgIpc) is 3.56. The first-order valence-electron chi connectivity index (χ1n) is 10.4. The van der Waals surface area contributed by atoms with E-state index in [9.17, 15) is 4.79 Å². The predicted octanol–water partition coefficient (Wildman–Crippen LogP) is 4.59. The van der Waals surface area contributed by atoms with Gasteiger partial charge in [-0.3, -0.25) is 0 Å². The molecule has 3 nitrogen and oxygen atoms in total. The first-order chi connectivity index (χ1) is 12.3. The standard InChI is InChI=1S/C17H20NO2.C5H5.Fe/c1-4-20-17(19)14-10-8-13(9-11-14)16-7-5-6-15(16)12-18(2)3;1-2-4-5-3-1;/h5-11H,4,12H2,1-3H3;1-5H;. The van der Waals surface area contributed by atoms with Gasteiger partial charge in [0.15, 0.2) is 0 Å². The maximum absolute atomic E-state index is 12.1. The zero-order chi connectivity index (χ0) is 17.2. The summed E-state index contributed by atoms with van der Waals surface area (Å²) in [6.45, 7) is 0.364. The molecule has 5 atom stereocenters. The van der Waals surface area contributed by atoms with E-state index in [0.717, 1.165) is 9.88 Å². The zero-order valence-corrected chi connectivity index (χ0v) is 16.6. The number of nitrogens with zero attached hydrogens (tertiary/aromatic N) is 1. The molecule has 0 bridgehead atoms. The van der Waals surface area contributed by atoms with Crippen molar-refractivity contribution in [2.45, 2.75) is 54.1 Å². The summed E-state index contributed by atoms with van der Waals surface area (Å²) in [4.78, 5) is 25.0. The molecule has 0 saturated carbocycles. The summed E-state index contributed by atoms with van der Waals surface area (Å²) in [5.41, 5.74) is 2.43. The van der Waals surface area contributed by atoms with E-state index in [0.29, 0.717) is 10.9 Å². The summed E-state index contributed by atoms with van der Waals surface area (Å²) in [6, 6.07) is 8.93. The third kappa shape index (κ3) is 0.176. The van der Waals surface area contributed by atoms with Gasteiger partial charge in [-0.1, -0.05) is 0 Å². The van der Waals surface area contributed by atoms with Gasteiger partial charge < -0.3 is 0 Å². The summed E-state index contributed by atoms with van der Waals surface area (Å²) in [6.07, 6.45) is 0. The number of hydrogen-bond acceptors (Lipinski definition) is 3. The molecular formula is C22H25FeNO2. The quantitative estimate of drug-likeness (QED) is 0.543. The SMILES string of the molecule is CCOC(=O)c1ccc([C]23[CH]4[CH]5[CH]6[C]2(CN(C)C)[Fe]56432789[CH]3[CH]2[CH]7[CH]8[CH]39)cc1. The van der Waals surface area contributed by atoms with E-state index < -0.39 is 6.51 Å². The minimum absolute atomic E-state index is 0.160. The third-order valence-corrected chi connectivity index (χ3v) is 60.9. The Morgan fingerprint density at radius 2 is 1.65 bits per heavy atom. The molecule has 138 valence electrons. The van der Waals surface area contributed by atoms with Gasteiger partial charge in [-0.2, -0.15) is 0 Å². The number of carbonyl (C=O) groups excluding carboxylic acids is 1. The van der Waals surface area contributed by atoms with Crippen molar-refractivity contribution in [3.8, 4) is 0 Å². The molecule has 5 unspecified atom stereocenters. The first-order valence-corrected chi connectivity index (χ1v) is 16.6. The van der Waals surface area contributed by atoms with Gasteiger partial charge in [-0.25, -0.2) is 0 Å². The predicted molar refractivity (Wildman–Crippen MR) is 95.3 cm³/mol. The van der Waals surface area contributed by atoms with E-state index in [1.54, 1.807) is 5.56 Å². The second-order valence-electron chi connectivity index (χ2n) is 13.4. The molecule has 10 saturated heterocycles. The van der Waals surface area contributed by atoms with Gasteiger partial charge in [0.25, 0.3) is 0 Å². The van der Waals surface area contributed by atoms with Gasteiger partial charge >= 0.3 is 144 Å². The van der Waals surface area contributed by atoms with Crippen molar-refractivity contribution in [3.63, 3.8) is 0 Å². The molecule has 11 rings (SSSR count). The van der Waals surface area contributed by atoms with Crippen LogP contribution in [0.25, 0.3) is 0 Å². The Kier molecular flexibility index (Phi) is 0.603. The van der Waals surface area contributed by atoms with Crippen molar-refractivity contribution in [2.24, 2.45) is 0 Å². The summed E-state index contributed by atoms with van der Waals surface area (Å²) in [5, 5.41) is 0. The number of fused-ring (bicyclic) bond motifs is 10. The molecule has 10 heterocycles. The number of ether oxygens (including phenoxy) is 1. The van der Waals surface area contributed by atoms with Crippen molar-refractivity contribution in [1.82, 2.24) is 4.90 Å². The topological polar surface area (TPSA) is 29.5 Å². The monoisotopic (exact) mass is 391 g/mol. The summed E-state index contributed by atoms with van der Waals surface area (Å²) >= 11 is 0. The van der Waals surface area contributed by atoms with Crippen molar-refractivity contribution in [2.75, 3.05) is 27.2 Å². The summed E-state index contributed by atoms with van der Waals surface area (Å²) < 4.78 is 6.72. The molecule has 10 aliphatic rings. The molecule has 0 amide bonds. The van der Waals surface area contributed by atoms with Crippen LogP contribution >= 0.6 is 0 Å². The fraction of sp³-hybridized carbons (Fsp3) is 0.682. The van der Waals surface area contributed by atoms with Crippen LogP contribution in [0.5, 0.6) is 0 Å². The molecule has 1 aromatic rings. The molecule has 0 N–H and O–H groups in total. The van der Waals surface area contributed by atoms with Crippen LogP contribution < -0.4 is 0 Å². The van der Waals surface area contributed by atoms with Gasteiger partial charge in [0.1, 0.15) is 0 Å². The molecular weight excluding hydrogens is 366 g/mol. The molecule has 1 spiro atoms. The van der Waals surface area contributed by atoms with E-state index in [2.05, 4.69) is 43.3 Å². The third-order valence-electron chi connectivity index (χ3n) is 17.5. The number of rotatable bonds is 5. The van der Waals surface area contributed by atoms with Crippen molar-refractivity contribution in [1.29, 1.82) is 0 Å². The maximum atomic E-state index is 12.1. The Balaban J connectivity index is 1.22. The minimum atomic E-state index is -3.37. The van der Waals surface area contributed by atoms with E-state index in [1.165, 1.54) is 45.1 Å². The second-order valence-corrected chi connectivity index (χ2v) is 36.8. The molecule has 4 heteroatoms. The second kappa shape index (κ2) is 1.32. The molecule has 1 aromatic carbocycles. The Hall–Kier alpha value is -0.831. The van der Waals surface area contributed by atoms with Crippen LogP contribution in [-0.4, -0.2) is 38.1 Å². The zero-order valence-electron chi connectivity index (χ0n) is 15.5. The van der Waals surface area contributed by atoms with Crippen molar-refractivity contribution in [3.05, 3.63) is 35.4 Å². The number of esters is 1. The number of hydrogen-bond donors (Lipinski definition) is 0. The molecule has 0 aliphatic carbocycles. The van der Waals surface area contributed by atoms with Gasteiger partial charge in [-0.05, 0) is 0 Å². The molecule has 26 heavy (non-hydrogen) atoms. The Labute approximate surface area is 143 Å². The van der Waals surface area contributed by atoms with Crippen LogP contribution in [0.15, 0.2) is 24.3 Å². The van der Waals surface area contributed by atoms with Gasteiger partial charge in [-0.15, -0.1) is 0 Å². The fourth-order valence-electron chi connectivity index (χ4n) is 19.8. The van der Waals surface area contributed by atoms with Crippen LogP contribution in [0.4, 0.5) is 0 Å². The normalized spacial score (nSPS) is 84.8. The fourth-order valence-corrected chi connectivity index (χ4v) is 96.6. The summed E-state index contributed by atoms with van der Waals surface area (Å²) in [5.74, 6) is -0.160.